The predicted octanol–water partition coefficient (Wildman–Crippen LogP) is 3.23. The zero-order chi connectivity index (χ0) is 17.6. The standard InChI is InChI=1S/C20H19N3O2/c1-22(2)11-12-23-16-10-6-4-8-14(16)17(20(23)25)18-19(24)13-7-3-5-9-15(13)21-18/h3-10,25H,11-12H2,1-2H3. The Balaban J connectivity index is 1.89. The summed E-state index contributed by atoms with van der Waals surface area (Å²) in [6, 6.07) is 15.0. The van der Waals surface area contributed by atoms with E-state index in [2.05, 4.69) is 9.89 Å². The molecule has 126 valence electrons. The normalized spacial score (nSPS) is 13.6. The van der Waals surface area contributed by atoms with Gasteiger partial charge in [-0.05, 0) is 32.3 Å². The molecule has 2 heterocycles. The van der Waals surface area contributed by atoms with Gasteiger partial charge in [-0.25, -0.2) is 4.99 Å². The number of aromatic hydroxyl groups is 1. The number of fused-ring (bicyclic) bond motifs is 2. The third kappa shape index (κ3) is 2.44. The van der Waals surface area contributed by atoms with E-state index in [0.717, 1.165) is 17.4 Å². The Bertz CT molecular complexity index is 1010. The highest BCUT2D eigenvalue weighted by Gasteiger charge is 2.31. The van der Waals surface area contributed by atoms with Crippen LogP contribution < -0.4 is 0 Å². The summed E-state index contributed by atoms with van der Waals surface area (Å²) >= 11 is 0. The molecule has 1 aromatic heterocycles. The number of aromatic nitrogens is 1. The highest BCUT2D eigenvalue weighted by molar-refractivity contribution is 6.56. The molecule has 0 amide bonds. The van der Waals surface area contributed by atoms with E-state index in [1.165, 1.54) is 0 Å². The van der Waals surface area contributed by atoms with E-state index in [9.17, 15) is 9.90 Å². The summed E-state index contributed by atoms with van der Waals surface area (Å²) in [6.07, 6.45) is 0. The lowest BCUT2D eigenvalue weighted by atomic mass is 10.0. The summed E-state index contributed by atoms with van der Waals surface area (Å²) in [7, 11) is 3.98. The molecule has 0 bridgehead atoms. The van der Waals surface area contributed by atoms with Gasteiger partial charge in [0, 0.05) is 24.0 Å². The number of benzene rings is 2. The number of hydrogen-bond donors (Lipinski definition) is 1. The van der Waals surface area contributed by atoms with Crippen molar-refractivity contribution in [2.75, 3.05) is 20.6 Å². The second-order valence-electron chi connectivity index (χ2n) is 6.48. The first kappa shape index (κ1) is 15.6. The van der Waals surface area contributed by atoms with Gasteiger partial charge < -0.3 is 14.6 Å². The van der Waals surface area contributed by atoms with Gasteiger partial charge in [0.2, 0.25) is 11.7 Å². The van der Waals surface area contributed by atoms with E-state index in [0.29, 0.717) is 29.1 Å². The molecule has 5 heteroatoms. The molecule has 0 spiro atoms. The van der Waals surface area contributed by atoms with Crippen LogP contribution >= 0.6 is 0 Å². The molecular weight excluding hydrogens is 314 g/mol. The SMILES string of the molecule is CN(C)CCn1c(O)c(C2=Nc3ccccc3C2=O)c2ccccc21. The number of nitrogens with zero attached hydrogens (tertiary/aromatic N) is 3. The molecule has 0 atom stereocenters. The van der Waals surface area contributed by atoms with Crippen molar-refractivity contribution in [3.05, 3.63) is 59.7 Å². The molecule has 0 aliphatic carbocycles. The molecule has 0 unspecified atom stereocenters. The number of carbonyl (C=O) groups is 1. The van der Waals surface area contributed by atoms with Crippen LogP contribution in [0.25, 0.3) is 10.9 Å². The maximum absolute atomic E-state index is 12.8. The van der Waals surface area contributed by atoms with Gasteiger partial charge in [-0.3, -0.25) is 4.79 Å². The van der Waals surface area contributed by atoms with Crippen molar-refractivity contribution in [3.8, 4) is 5.88 Å². The largest absolute Gasteiger partial charge is 0.494 e. The van der Waals surface area contributed by atoms with Gasteiger partial charge >= 0.3 is 0 Å². The lowest BCUT2D eigenvalue weighted by Crippen LogP contribution is -2.18. The minimum absolute atomic E-state index is 0.1000. The molecule has 1 aliphatic heterocycles. The summed E-state index contributed by atoms with van der Waals surface area (Å²) < 4.78 is 1.85. The van der Waals surface area contributed by atoms with Crippen LogP contribution in [-0.2, 0) is 6.54 Å². The molecule has 4 rings (SSSR count). The summed E-state index contributed by atoms with van der Waals surface area (Å²) in [5.74, 6) is -0.0376. The third-order valence-electron chi connectivity index (χ3n) is 4.55. The Morgan fingerprint density at radius 2 is 1.80 bits per heavy atom. The van der Waals surface area contributed by atoms with Crippen LogP contribution in [0, 0.1) is 0 Å². The van der Waals surface area contributed by atoms with Crippen molar-refractivity contribution >= 4 is 28.1 Å². The molecule has 0 saturated heterocycles. The first-order valence-electron chi connectivity index (χ1n) is 8.25. The fourth-order valence-corrected chi connectivity index (χ4v) is 3.28. The number of hydrogen-bond acceptors (Lipinski definition) is 4. The van der Waals surface area contributed by atoms with Crippen molar-refractivity contribution in [1.82, 2.24) is 9.47 Å². The van der Waals surface area contributed by atoms with E-state index in [1.807, 2.05) is 61.1 Å². The molecule has 0 radical (unpaired) electrons. The quantitative estimate of drug-likeness (QED) is 0.797. The first-order chi connectivity index (χ1) is 12.1. The Hall–Kier alpha value is -2.92. The number of carbonyl (C=O) groups excluding carboxylic acids is 1. The van der Waals surface area contributed by atoms with E-state index in [4.69, 9.17) is 0 Å². The predicted molar refractivity (Wildman–Crippen MR) is 99.1 cm³/mol. The third-order valence-corrected chi connectivity index (χ3v) is 4.55. The molecular formula is C20H19N3O2. The van der Waals surface area contributed by atoms with Crippen LogP contribution in [0.1, 0.15) is 15.9 Å². The molecule has 3 aromatic rings. The van der Waals surface area contributed by atoms with E-state index in [-0.39, 0.29) is 11.7 Å². The van der Waals surface area contributed by atoms with Gasteiger partial charge in [0.15, 0.2) is 0 Å². The van der Waals surface area contributed by atoms with Crippen molar-refractivity contribution < 1.29 is 9.90 Å². The average Bonchev–Trinajstić information content (AvgIpc) is 3.07. The van der Waals surface area contributed by atoms with Gasteiger partial charge in [0.05, 0.1) is 16.8 Å². The van der Waals surface area contributed by atoms with Gasteiger partial charge in [-0.15, -0.1) is 0 Å². The number of ketones is 1. The zero-order valence-corrected chi connectivity index (χ0v) is 14.2. The maximum atomic E-state index is 12.8. The zero-order valence-electron chi connectivity index (χ0n) is 14.2. The first-order valence-corrected chi connectivity index (χ1v) is 8.25. The number of rotatable bonds is 4. The van der Waals surface area contributed by atoms with E-state index < -0.39 is 0 Å². The summed E-state index contributed by atoms with van der Waals surface area (Å²) in [5.41, 5.74) is 2.99. The minimum atomic E-state index is -0.138. The van der Waals surface area contributed by atoms with Crippen molar-refractivity contribution in [2.24, 2.45) is 4.99 Å². The average molecular weight is 333 g/mol. The van der Waals surface area contributed by atoms with Crippen LogP contribution in [0.15, 0.2) is 53.5 Å². The van der Waals surface area contributed by atoms with Crippen LogP contribution in [-0.4, -0.2) is 46.7 Å². The molecule has 5 nitrogen and oxygen atoms in total. The lowest BCUT2D eigenvalue weighted by molar-refractivity contribution is 0.107. The fourth-order valence-electron chi connectivity index (χ4n) is 3.28. The highest BCUT2D eigenvalue weighted by Crippen LogP contribution is 2.37. The Morgan fingerprint density at radius 3 is 2.56 bits per heavy atom. The maximum Gasteiger partial charge on any atom is 0.214 e. The Labute approximate surface area is 145 Å². The fraction of sp³-hybridized carbons (Fsp3) is 0.200. The molecule has 25 heavy (non-hydrogen) atoms. The number of aliphatic imine (C=N–C) groups is 1. The second kappa shape index (κ2) is 5.86. The minimum Gasteiger partial charge on any atom is -0.494 e. The number of likely N-dealkylation sites (N-methyl/N-ethyl adjacent to an activating group) is 1. The van der Waals surface area contributed by atoms with Crippen molar-refractivity contribution in [1.29, 1.82) is 0 Å². The summed E-state index contributed by atoms with van der Waals surface area (Å²) in [4.78, 5) is 19.4. The Kier molecular flexibility index (Phi) is 3.66. The van der Waals surface area contributed by atoms with Gasteiger partial charge in [0.25, 0.3) is 0 Å². The van der Waals surface area contributed by atoms with Crippen LogP contribution in [0.2, 0.25) is 0 Å². The molecule has 0 fully saturated rings. The number of Topliss-reactive ketones (excluding diaryl/α,β-unsaturated/α-hetero) is 1. The van der Waals surface area contributed by atoms with Crippen molar-refractivity contribution in [3.63, 3.8) is 0 Å². The van der Waals surface area contributed by atoms with Crippen LogP contribution in [0.5, 0.6) is 5.88 Å². The van der Waals surface area contributed by atoms with E-state index >= 15 is 0 Å². The van der Waals surface area contributed by atoms with Gasteiger partial charge in [-0.2, -0.15) is 0 Å². The summed E-state index contributed by atoms with van der Waals surface area (Å²) in [5, 5.41) is 11.7. The van der Waals surface area contributed by atoms with Crippen LogP contribution in [0.3, 0.4) is 0 Å². The van der Waals surface area contributed by atoms with E-state index in [1.54, 1.807) is 6.07 Å². The monoisotopic (exact) mass is 333 g/mol. The Morgan fingerprint density at radius 1 is 1.08 bits per heavy atom. The lowest BCUT2D eigenvalue weighted by Gasteiger charge is -2.12. The second-order valence-corrected chi connectivity index (χ2v) is 6.48. The van der Waals surface area contributed by atoms with Gasteiger partial charge in [-0.1, -0.05) is 30.3 Å². The number of para-hydroxylation sites is 2. The van der Waals surface area contributed by atoms with Crippen molar-refractivity contribution in [2.45, 2.75) is 6.54 Å². The molecule has 1 N–H and O–H groups in total. The molecule has 1 aliphatic rings. The smallest absolute Gasteiger partial charge is 0.214 e. The topological polar surface area (TPSA) is 57.8 Å². The van der Waals surface area contributed by atoms with Crippen LogP contribution in [0.4, 0.5) is 5.69 Å². The summed E-state index contributed by atoms with van der Waals surface area (Å²) in [6.45, 7) is 1.42. The molecule has 0 saturated carbocycles. The molecule has 2 aromatic carbocycles. The van der Waals surface area contributed by atoms with Gasteiger partial charge in [0.1, 0.15) is 5.71 Å². The highest BCUT2D eigenvalue weighted by atomic mass is 16.3.